The minimum atomic E-state index is -0.198. The van der Waals surface area contributed by atoms with Crippen molar-refractivity contribution in [2.45, 2.75) is 19.9 Å². The van der Waals surface area contributed by atoms with Gasteiger partial charge >= 0.3 is 0 Å². The summed E-state index contributed by atoms with van der Waals surface area (Å²) in [7, 11) is 1.96. The van der Waals surface area contributed by atoms with Crippen molar-refractivity contribution in [2.24, 2.45) is 7.05 Å². The van der Waals surface area contributed by atoms with Crippen LogP contribution in [0.1, 0.15) is 29.8 Å². The first-order valence-corrected chi connectivity index (χ1v) is 6.09. The zero-order chi connectivity index (χ0) is 13.1. The summed E-state index contributed by atoms with van der Waals surface area (Å²) in [6.45, 7) is 4.83. The maximum absolute atomic E-state index is 13.2. The van der Waals surface area contributed by atoms with E-state index in [-0.39, 0.29) is 11.9 Å². The fraction of sp³-hybridized carbons (Fsp3) is 0.357. The van der Waals surface area contributed by atoms with Gasteiger partial charge in [-0.2, -0.15) is 0 Å². The van der Waals surface area contributed by atoms with Crippen LogP contribution in [0.4, 0.5) is 4.39 Å². The first-order chi connectivity index (χ1) is 8.63. The molecular formula is C14H18FN3. The van der Waals surface area contributed by atoms with Gasteiger partial charge in [-0.05, 0) is 36.7 Å². The molecule has 1 aromatic carbocycles. The van der Waals surface area contributed by atoms with Gasteiger partial charge in [0.2, 0.25) is 0 Å². The number of aromatic nitrogens is 2. The highest BCUT2D eigenvalue weighted by Crippen LogP contribution is 2.24. The molecule has 1 N–H and O–H groups in total. The summed E-state index contributed by atoms with van der Waals surface area (Å²) < 4.78 is 15.2. The second-order valence-electron chi connectivity index (χ2n) is 4.42. The maximum Gasteiger partial charge on any atom is 0.123 e. The van der Waals surface area contributed by atoms with Crippen molar-refractivity contribution >= 4 is 0 Å². The second-order valence-corrected chi connectivity index (χ2v) is 4.42. The number of rotatable bonds is 4. The molecule has 0 amide bonds. The van der Waals surface area contributed by atoms with E-state index in [0.29, 0.717) is 0 Å². The summed E-state index contributed by atoms with van der Waals surface area (Å²) in [4.78, 5) is 4.15. The lowest BCUT2D eigenvalue weighted by molar-refractivity contribution is 0.585. The molecule has 0 saturated heterocycles. The van der Waals surface area contributed by atoms with Gasteiger partial charge in [0.15, 0.2) is 0 Å². The fourth-order valence-electron chi connectivity index (χ4n) is 2.19. The Morgan fingerprint density at radius 2 is 2.22 bits per heavy atom. The van der Waals surface area contributed by atoms with E-state index >= 15 is 0 Å². The Bertz CT molecular complexity index is 534. The van der Waals surface area contributed by atoms with Gasteiger partial charge in [0.25, 0.3) is 0 Å². The molecule has 2 rings (SSSR count). The molecule has 3 nitrogen and oxygen atoms in total. The van der Waals surface area contributed by atoms with Gasteiger partial charge in [-0.25, -0.2) is 9.37 Å². The third kappa shape index (κ3) is 2.43. The molecule has 1 aromatic heterocycles. The lowest BCUT2D eigenvalue weighted by Crippen LogP contribution is -2.24. The zero-order valence-corrected chi connectivity index (χ0v) is 10.9. The van der Waals surface area contributed by atoms with Crippen LogP contribution in [0.2, 0.25) is 0 Å². The first kappa shape index (κ1) is 12.8. The smallest absolute Gasteiger partial charge is 0.123 e. The van der Waals surface area contributed by atoms with Crippen molar-refractivity contribution in [1.82, 2.24) is 14.9 Å². The average Bonchev–Trinajstić information content (AvgIpc) is 2.73. The topological polar surface area (TPSA) is 29.9 Å². The van der Waals surface area contributed by atoms with Gasteiger partial charge in [0.1, 0.15) is 5.82 Å². The molecule has 0 fully saturated rings. The van der Waals surface area contributed by atoms with Crippen molar-refractivity contribution in [2.75, 3.05) is 6.54 Å². The SMILES string of the molecule is CCNC(c1ccc(F)cc1C)c1cncn1C. The van der Waals surface area contributed by atoms with E-state index in [4.69, 9.17) is 0 Å². The van der Waals surface area contributed by atoms with Crippen LogP contribution in [-0.2, 0) is 7.05 Å². The van der Waals surface area contributed by atoms with Gasteiger partial charge in [-0.15, -0.1) is 0 Å². The van der Waals surface area contributed by atoms with E-state index in [9.17, 15) is 4.39 Å². The Balaban J connectivity index is 2.45. The first-order valence-electron chi connectivity index (χ1n) is 6.09. The number of nitrogens with zero attached hydrogens (tertiary/aromatic N) is 2. The quantitative estimate of drug-likeness (QED) is 0.900. The van der Waals surface area contributed by atoms with Gasteiger partial charge < -0.3 is 9.88 Å². The fourth-order valence-corrected chi connectivity index (χ4v) is 2.19. The molecule has 2 aromatic rings. The number of imidazole rings is 1. The monoisotopic (exact) mass is 247 g/mol. The molecule has 1 atom stereocenters. The predicted octanol–water partition coefficient (Wildman–Crippen LogP) is 2.57. The molecule has 1 heterocycles. The molecule has 0 aliphatic carbocycles. The highest BCUT2D eigenvalue weighted by molar-refractivity contribution is 5.34. The van der Waals surface area contributed by atoms with Crippen LogP contribution in [0, 0.1) is 12.7 Å². The average molecular weight is 247 g/mol. The standard InChI is InChI=1S/C14H18FN3/c1-4-17-14(13-8-16-9-18(13)3)12-6-5-11(15)7-10(12)2/h5-9,14,17H,4H2,1-3H3. The molecule has 96 valence electrons. The lowest BCUT2D eigenvalue weighted by Gasteiger charge is -2.20. The highest BCUT2D eigenvalue weighted by Gasteiger charge is 2.18. The number of aryl methyl sites for hydroxylation is 2. The molecule has 1 unspecified atom stereocenters. The number of halogens is 1. The minimum absolute atomic E-state index is 0.0445. The Hall–Kier alpha value is -1.68. The summed E-state index contributed by atoms with van der Waals surface area (Å²) in [5, 5.41) is 3.42. The van der Waals surface area contributed by atoms with E-state index in [2.05, 4.69) is 17.2 Å². The van der Waals surface area contributed by atoms with Gasteiger partial charge in [0, 0.05) is 7.05 Å². The summed E-state index contributed by atoms with van der Waals surface area (Å²) >= 11 is 0. The largest absolute Gasteiger partial charge is 0.336 e. The number of hydrogen-bond donors (Lipinski definition) is 1. The Morgan fingerprint density at radius 3 is 2.78 bits per heavy atom. The molecule has 18 heavy (non-hydrogen) atoms. The Labute approximate surface area is 107 Å². The molecule has 0 bridgehead atoms. The minimum Gasteiger partial charge on any atom is -0.336 e. The van der Waals surface area contributed by atoms with E-state index in [1.54, 1.807) is 12.4 Å². The van der Waals surface area contributed by atoms with Crippen molar-refractivity contribution in [3.05, 3.63) is 53.4 Å². The number of hydrogen-bond acceptors (Lipinski definition) is 2. The molecular weight excluding hydrogens is 229 g/mol. The normalized spacial score (nSPS) is 12.7. The second kappa shape index (κ2) is 5.31. The van der Waals surface area contributed by atoms with E-state index in [1.165, 1.54) is 6.07 Å². The molecule has 0 aliphatic heterocycles. The molecule has 0 aliphatic rings. The van der Waals surface area contributed by atoms with Gasteiger partial charge in [-0.3, -0.25) is 0 Å². The van der Waals surface area contributed by atoms with Crippen LogP contribution in [0.15, 0.2) is 30.7 Å². The number of nitrogens with one attached hydrogen (secondary N) is 1. The third-order valence-corrected chi connectivity index (χ3v) is 3.10. The zero-order valence-electron chi connectivity index (χ0n) is 10.9. The third-order valence-electron chi connectivity index (χ3n) is 3.10. The Kier molecular flexibility index (Phi) is 3.77. The summed E-state index contributed by atoms with van der Waals surface area (Å²) in [5.74, 6) is -0.198. The van der Waals surface area contributed by atoms with Crippen LogP contribution in [0.25, 0.3) is 0 Å². The summed E-state index contributed by atoms with van der Waals surface area (Å²) in [6.07, 6.45) is 3.62. The molecule has 4 heteroatoms. The number of benzene rings is 1. The predicted molar refractivity (Wildman–Crippen MR) is 69.9 cm³/mol. The van der Waals surface area contributed by atoms with E-state index in [1.807, 2.05) is 30.8 Å². The van der Waals surface area contributed by atoms with Crippen LogP contribution in [0.5, 0.6) is 0 Å². The lowest BCUT2D eigenvalue weighted by atomic mass is 9.98. The Morgan fingerprint density at radius 1 is 1.44 bits per heavy atom. The van der Waals surface area contributed by atoms with Crippen LogP contribution in [-0.4, -0.2) is 16.1 Å². The van der Waals surface area contributed by atoms with Crippen molar-refractivity contribution in [1.29, 1.82) is 0 Å². The molecule has 0 radical (unpaired) electrons. The molecule has 0 saturated carbocycles. The van der Waals surface area contributed by atoms with Crippen LogP contribution < -0.4 is 5.32 Å². The van der Waals surface area contributed by atoms with Crippen LogP contribution in [0.3, 0.4) is 0 Å². The highest BCUT2D eigenvalue weighted by atomic mass is 19.1. The van der Waals surface area contributed by atoms with Crippen LogP contribution >= 0.6 is 0 Å². The van der Waals surface area contributed by atoms with Crippen molar-refractivity contribution in [3.8, 4) is 0 Å². The molecule has 0 spiro atoms. The van der Waals surface area contributed by atoms with E-state index < -0.39 is 0 Å². The summed E-state index contributed by atoms with van der Waals surface area (Å²) in [5.41, 5.74) is 3.11. The maximum atomic E-state index is 13.2. The van der Waals surface area contributed by atoms with Crippen molar-refractivity contribution in [3.63, 3.8) is 0 Å². The van der Waals surface area contributed by atoms with Gasteiger partial charge in [0.05, 0.1) is 24.3 Å². The van der Waals surface area contributed by atoms with Crippen molar-refractivity contribution < 1.29 is 4.39 Å². The van der Waals surface area contributed by atoms with Gasteiger partial charge in [-0.1, -0.05) is 13.0 Å². The van der Waals surface area contributed by atoms with E-state index in [0.717, 1.165) is 23.4 Å². The summed E-state index contributed by atoms with van der Waals surface area (Å²) in [6, 6.07) is 4.95.